The van der Waals surface area contributed by atoms with Gasteiger partial charge in [0.2, 0.25) is 11.2 Å². The minimum Gasteiger partial charge on any atom is -0.502 e. The van der Waals surface area contributed by atoms with Crippen LogP contribution in [0.5, 0.6) is 5.75 Å². The molecule has 0 saturated carbocycles. The molecule has 0 aliphatic carbocycles. The van der Waals surface area contributed by atoms with Gasteiger partial charge in [-0.25, -0.2) is 0 Å². The van der Waals surface area contributed by atoms with Crippen molar-refractivity contribution in [3.63, 3.8) is 0 Å². The highest BCUT2D eigenvalue weighted by Gasteiger charge is 2.12. The van der Waals surface area contributed by atoms with Crippen molar-refractivity contribution in [2.75, 3.05) is 6.54 Å². The van der Waals surface area contributed by atoms with Crippen LogP contribution in [0.1, 0.15) is 37.7 Å². The van der Waals surface area contributed by atoms with E-state index < -0.39 is 17.8 Å². The first-order valence-corrected chi connectivity index (χ1v) is 6.85. The average Bonchev–Trinajstić information content (AvgIpc) is 2.45. The van der Waals surface area contributed by atoms with E-state index in [1.54, 1.807) is 0 Å². The summed E-state index contributed by atoms with van der Waals surface area (Å²) in [6.07, 6.45) is 3.20. The number of rotatable bonds is 7. The monoisotopic (exact) mass is 301 g/mol. The maximum Gasteiger partial charge on any atom is 0.257 e. The van der Waals surface area contributed by atoms with Crippen LogP contribution in [0.25, 0.3) is 0 Å². The van der Waals surface area contributed by atoms with Crippen LogP contribution >= 0.6 is 12.2 Å². The predicted molar refractivity (Wildman–Crippen MR) is 77.5 cm³/mol. The molecule has 0 aliphatic rings. The Kier molecular flexibility index (Phi) is 7.03. The highest BCUT2D eigenvalue weighted by Crippen LogP contribution is 2.14. The van der Waals surface area contributed by atoms with Crippen LogP contribution in [0.2, 0.25) is 0 Å². The number of aliphatic hydroxyl groups is 1. The number of aromatic hydroxyl groups is 1. The van der Waals surface area contributed by atoms with Crippen LogP contribution < -0.4 is 10.7 Å². The zero-order chi connectivity index (χ0) is 15.0. The SMILES string of the molecule is CCCCCNC(=S)OCc1oc(CO)cc(=O)c1O. The van der Waals surface area contributed by atoms with Crippen LogP contribution in [0, 0.1) is 0 Å². The van der Waals surface area contributed by atoms with Crippen LogP contribution in [0.15, 0.2) is 15.3 Å². The molecule has 0 radical (unpaired) electrons. The summed E-state index contributed by atoms with van der Waals surface area (Å²) in [5.74, 6) is -0.525. The minimum absolute atomic E-state index is 0.0562. The van der Waals surface area contributed by atoms with E-state index in [1.165, 1.54) is 0 Å². The first-order valence-electron chi connectivity index (χ1n) is 6.44. The van der Waals surface area contributed by atoms with Gasteiger partial charge in [-0.3, -0.25) is 4.79 Å². The topological polar surface area (TPSA) is 91.9 Å². The van der Waals surface area contributed by atoms with Gasteiger partial charge in [0.1, 0.15) is 12.4 Å². The summed E-state index contributed by atoms with van der Waals surface area (Å²) in [7, 11) is 0. The molecule has 20 heavy (non-hydrogen) atoms. The molecule has 0 atom stereocenters. The van der Waals surface area contributed by atoms with Crippen LogP contribution in [0.4, 0.5) is 0 Å². The Hall–Kier alpha value is -1.60. The summed E-state index contributed by atoms with van der Waals surface area (Å²) in [6.45, 7) is 2.21. The Morgan fingerprint density at radius 2 is 2.25 bits per heavy atom. The normalized spacial score (nSPS) is 10.3. The maximum absolute atomic E-state index is 11.4. The van der Waals surface area contributed by atoms with Gasteiger partial charge in [0.05, 0.1) is 0 Å². The highest BCUT2D eigenvalue weighted by molar-refractivity contribution is 7.80. The van der Waals surface area contributed by atoms with Crippen LogP contribution in [0.3, 0.4) is 0 Å². The van der Waals surface area contributed by atoms with Crippen LogP contribution in [-0.4, -0.2) is 21.9 Å². The first-order chi connectivity index (χ1) is 9.58. The van der Waals surface area contributed by atoms with Gasteiger partial charge in [0.25, 0.3) is 5.17 Å². The van der Waals surface area contributed by atoms with E-state index in [0.29, 0.717) is 6.54 Å². The lowest BCUT2D eigenvalue weighted by atomic mass is 10.2. The van der Waals surface area contributed by atoms with Gasteiger partial charge in [-0.1, -0.05) is 19.8 Å². The largest absolute Gasteiger partial charge is 0.502 e. The van der Waals surface area contributed by atoms with E-state index in [9.17, 15) is 9.90 Å². The fourth-order valence-electron chi connectivity index (χ4n) is 1.51. The van der Waals surface area contributed by atoms with E-state index >= 15 is 0 Å². The molecular formula is C13H19NO5S. The molecule has 0 spiro atoms. The lowest BCUT2D eigenvalue weighted by molar-refractivity contribution is 0.204. The zero-order valence-corrected chi connectivity index (χ0v) is 12.2. The van der Waals surface area contributed by atoms with Gasteiger partial charge in [-0.05, 0) is 18.6 Å². The molecule has 3 N–H and O–H groups in total. The third-order valence-corrected chi connectivity index (χ3v) is 2.85. The summed E-state index contributed by atoms with van der Waals surface area (Å²) < 4.78 is 10.3. The van der Waals surface area contributed by atoms with Crippen molar-refractivity contribution in [2.45, 2.75) is 39.4 Å². The Bertz CT molecular complexity index is 500. The molecule has 0 amide bonds. The standard InChI is InChI=1S/C13H19NO5S/c1-2-3-4-5-14-13(20)18-8-11-12(17)10(16)6-9(7-15)19-11/h6,15,17H,2-5,7-8H2,1H3,(H,14,20). The second-order valence-electron chi connectivity index (χ2n) is 4.22. The first kappa shape index (κ1) is 16.5. The number of thiocarbonyl (C=S) groups is 1. The third kappa shape index (κ3) is 5.18. The van der Waals surface area contributed by atoms with Gasteiger partial charge < -0.3 is 24.7 Å². The van der Waals surface area contributed by atoms with E-state index in [0.717, 1.165) is 25.3 Å². The summed E-state index contributed by atoms with van der Waals surface area (Å²) >= 11 is 4.96. The minimum atomic E-state index is -0.624. The Labute approximate surface area is 122 Å². The lowest BCUT2D eigenvalue weighted by Crippen LogP contribution is -2.25. The molecule has 6 nitrogen and oxygen atoms in total. The molecule has 0 fully saturated rings. The van der Waals surface area contributed by atoms with E-state index in [2.05, 4.69) is 12.2 Å². The van der Waals surface area contributed by atoms with Crippen molar-refractivity contribution in [1.82, 2.24) is 5.32 Å². The average molecular weight is 301 g/mol. The highest BCUT2D eigenvalue weighted by atomic mass is 32.1. The molecule has 0 saturated heterocycles. The van der Waals surface area contributed by atoms with Gasteiger partial charge >= 0.3 is 0 Å². The second-order valence-corrected chi connectivity index (χ2v) is 4.59. The molecule has 0 aliphatic heterocycles. The van der Waals surface area contributed by atoms with E-state index in [-0.39, 0.29) is 23.3 Å². The fraction of sp³-hybridized carbons (Fsp3) is 0.538. The molecule has 0 aromatic carbocycles. The third-order valence-electron chi connectivity index (χ3n) is 2.58. The van der Waals surface area contributed by atoms with E-state index in [4.69, 9.17) is 26.5 Å². The Balaban J connectivity index is 2.51. The molecular weight excluding hydrogens is 282 g/mol. The van der Waals surface area contributed by atoms with Gasteiger partial charge in [0, 0.05) is 12.6 Å². The molecule has 112 valence electrons. The van der Waals surface area contributed by atoms with Crippen molar-refractivity contribution in [3.05, 3.63) is 27.8 Å². The molecule has 1 heterocycles. The predicted octanol–water partition coefficient (Wildman–Crippen LogP) is 1.42. The van der Waals surface area contributed by atoms with Gasteiger partial charge in [-0.15, -0.1) is 0 Å². The molecule has 0 bridgehead atoms. The van der Waals surface area contributed by atoms with Crippen molar-refractivity contribution >= 4 is 17.4 Å². The Morgan fingerprint density at radius 1 is 1.50 bits per heavy atom. The second kappa shape index (κ2) is 8.55. The summed E-state index contributed by atoms with van der Waals surface area (Å²) in [4.78, 5) is 11.4. The van der Waals surface area contributed by atoms with Crippen molar-refractivity contribution in [1.29, 1.82) is 0 Å². The maximum atomic E-state index is 11.4. The molecule has 7 heteroatoms. The summed E-state index contributed by atoms with van der Waals surface area (Å²) in [5, 5.41) is 21.6. The van der Waals surface area contributed by atoms with Crippen molar-refractivity contribution in [2.24, 2.45) is 0 Å². The van der Waals surface area contributed by atoms with Gasteiger partial charge in [0.15, 0.2) is 12.4 Å². The molecule has 1 aromatic heterocycles. The Morgan fingerprint density at radius 3 is 2.90 bits per heavy atom. The van der Waals surface area contributed by atoms with Crippen molar-refractivity contribution in [3.8, 4) is 5.75 Å². The zero-order valence-electron chi connectivity index (χ0n) is 11.3. The van der Waals surface area contributed by atoms with Crippen LogP contribution in [-0.2, 0) is 18.0 Å². The summed E-state index contributed by atoms with van der Waals surface area (Å²) in [5.41, 5.74) is -0.624. The molecule has 0 unspecified atom stereocenters. The number of hydrogen-bond donors (Lipinski definition) is 3. The number of aliphatic hydroxyl groups excluding tert-OH is 1. The number of nitrogens with one attached hydrogen (secondary N) is 1. The van der Waals surface area contributed by atoms with E-state index in [1.807, 2.05) is 0 Å². The fourth-order valence-corrected chi connectivity index (χ4v) is 1.67. The molecule has 1 rings (SSSR count). The van der Waals surface area contributed by atoms with Crippen molar-refractivity contribution < 1.29 is 19.4 Å². The summed E-state index contributed by atoms with van der Waals surface area (Å²) in [6, 6.07) is 1.03. The number of ether oxygens (including phenoxy) is 1. The number of hydrogen-bond acceptors (Lipinski definition) is 6. The smallest absolute Gasteiger partial charge is 0.257 e. The molecule has 1 aromatic rings. The number of unbranched alkanes of at least 4 members (excludes halogenated alkanes) is 2. The lowest BCUT2D eigenvalue weighted by Gasteiger charge is -2.10. The quantitative estimate of drug-likeness (QED) is 0.518. The van der Waals surface area contributed by atoms with Gasteiger partial charge in [-0.2, -0.15) is 0 Å².